The van der Waals surface area contributed by atoms with Crippen LogP contribution in [0.15, 0.2) is 59.6 Å². The van der Waals surface area contributed by atoms with E-state index in [1.165, 1.54) is 28.8 Å². The first-order valence-electron chi connectivity index (χ1n) is 7.62. The van der Waals surface area contributed by atoms with E-state index in [-0.39, 0.29) is 5.91 Å². The van der Waals surface area contributed by atoms with Gasteiger partial charge in [-0.3, -0.25) is 9.69 Å². The molecule has 124 valence electrons. The van der Waals surface area contributed by atoms with Crippen molar-refractivity contribution in [2.24, 2.45) is 7.05 Å². The van der Waals surface area contributed by atoms with Crippen molar-refractivity contribution in [3.8, 4) is 0 Å². The van der Waals surface area contributed by atoms with Crippen molar-refractivity contribution in [2.75, 3.05) is 4.90 Å². The lowest BCUT2D eigenvalue weighted by molar-refractivity contribution is -0.113. The lowest BCUT2D eigenvalue weighted by Crippen LogP contribution is -2.27. The minimum absolute atomic E-state index is 0.228. The zero-order chi connectivity index (χ0) is 17.6. The summed E-state index contributed by atoms with van der Waals surface area (Å²) in [5.74, 6) is -0.627. The van der Waals surface area contributed by atoms with Crippen LogP contribution >= 0.6 is 24.0 Å². The van der Waals surface area contributed by atoms with Crippen LogP contribution in [-0.2, 0) is 11.8 Å². The number of hydrogen-bond donors (Lipinski definition) is 0. The van der Waals surface area contributed by atoms with Gasteiger partial charge in [-0.25, -0.2) is 4.39 Å². The summed E-state index contributed by atoms with van der Waals surface area (Å²) < 4.78 is 15.9. The zero-order valence-corrected chi connectivity index (χ0v) is 14.9. The van der Waals surface area contributed by atoms with E-state index in [4.69, 9.17) is 12.2 Å². The van der Waals surface area contributed by atoms with Crippen LogP contribution in [0.4, 0.5) is 10.1 Å². The summed E-state index contributed by atoms with van der Waals surface area (Å²) >= 11 is 6.57. The monoisotopic (exact) mass is 368 g/mol. The van der Waals surface area contributed by atoms with Gasteiger partial charge < -0.3 is 4.57 Å². The van der Waals surface area contributed by atoms with E-state index in [1.54, 1.807) is 12.1 Å². The normalized spacial score (nSPS) is 16.4. The Balaban J connectivity index is 1.75. The minimum atomic E-state index is -0.399. The molecule has 1 fully saturated rings. The highest BCUT2D eigenvalue weighted by Gasteiger charge is 2.33. The van der Waals surface area contributed by atoms with Crippen LogP contribution in [0.2, 0.25) is 0 Å². The number of halogens is 1. The Morgan fingerprint density at radius 2 is 1.96 bits per heavy atom. The molecule has 6 heteroatoms. The fourth-order valence-electron chi connectivity index (χ4n) is 2.93. The van der Waals surface area contributed by atoms with E-state index in [0.717, 1.165) is 16.5 Å². The van der Waals surface area contributed by atoms with Crippen LogP contribution in [0, 0.1) is 5.82 Å². The highest BCUT2D eigenvalue weighted by molar-refractivity contribution is 8.27. The maximum Gasteiger partial charge on any atom is 0.270 e. The highest BCUT2D eigenvalue weighted by Crippen LogP contribution is 2.37. The summed E-state index contributed by atoms with van der Waals surface area (Å²) in [6.45, 7) is 0. The number of thioether (sulfide) groups is 1. The van der Waals surface area contributed by atoms with Gasteiger partial charge in [0.25, 0.3) is 5.91 Å². The average Bonchev–Trinajstić information content (AvgIpc) is 3.05. The molecule has 3 aromatic rings. The molecule has 1 aliphatic rings. The number of carbonyl (C=O) groups is 1. The smallest absolute Gasteiger partial charge is 0.270 e. The molecule has 0 atom stereocenters. The lowest BCUT2D eigenvalue weighted by Gasteiger charge is -2.14. The largest absolute Gasteiger partial charge is 0.350 e. The second-order valence-electron chi connectivity index (χ2n) is 5.71. The van der Waals surface area contributed by atoms with E-state index in [0.29, 0.717) is 14.9 Å². The number of rotatable bonds is 2. The predicted octanol–water partition coefficient (Wildman–Crippen LogP) is 4.72. The van der Waals surface area contributed by atoms with Gasteiger partial charge in [0.15, 0.2) is 4.32 Å². The Morgan fingerprint density at radius 3 is 2.76 bits per heavy atom. The second-order valence-corrected chi connectivity index (χ2v) is 7.39. The van der Waals surface area contributed by atoms with Crippen molar-refractivity contribution >= 4 is 56.9 Å². The topological polar surface area (TPSA) is 25.2 Å². The van der Waals surface area contributed by atoms with Gasteiger partial charge >= 0.3 is 0 Å². The Hall–Kier alpha value is -2.44. The van der Waals surface area contributed by atoms with Crippen LogP contribution in [0.5, 0.6) is 0 Å². The molecule has 1 saturated heterocycles. The van der Waals surface area contributed by atoms with Gasteiger partial charge in [-0.1, -0.05) is 48.2 Å². The molecule has 2 heterocycles. The number of amides is 1. The van der Waals surface area contributed by atoms with Gasteiger partial charge in [-0.05, 0) is 30.3 Å². The van der Waals surface area contributed by atoms with Crippen LogP contribution in [0.25, 0.3) is 17.0 Å². The van der Waals surface area contributed by atoms with E-state index in [1.807, 2.05) is 48.2 Å². The number of para-hydroxylation sites is 1. The molecule has 0 unspecified atom stereocenters. The molecule has 1 aliphatic heterocycles. The van der Waals surface area contributed by atoms with Crippen LogP contribution in [0.1, 0.15) is 5.56 Å². The molecule has 3 nitrogen and oxygen atoms in total. The second kappa shape index (κ2) is 6.13. The molecular formula is C19H13FN2OS2. The van der Waals surface area contributed by atoms with Gasteiger partial charge in [0.2, 0.25) is 0 Å². The average molecular weight is 368 g/mol. The first-order chi connectivity index (χ1) is 12.0. The number of aryl methyl sites for hydroxylation is 1. The van der Waals surface area contributed by atoms with Gasteiger partial charge in [-0.2, -0.15) is 0 Å². The number of fused-ring (bicyclic) bond motifs is 1. The lowest BCUT2D eigenvalue weighted by atomic mass is 10.1. The first-order valence-corrected chi connectivity index (χ1v) is 8.84. The summed E-state index contributed by atoms with van der Waals surface area (Å²) in [5.41, 5.74) is 2.50. The molecule has 1 amide bonds. The van der Waals surface area contributed by atoms with E-state index in [2.05, 4.69) is 0 Å². The fraction of sp³-hybridized carbons (Fsp3) is 0.0526. The fourth-order valence-corrected chi connectivity index (χ4v) is 4.22. The van der Waals surface area contributed by atoms with Crippen molar-refractivity contribution in [1.29, 1.82) is 0 Å². The van der Waals surface area contributed by atoms with Gasteiger partial charge in [-0.15, -0.1) is 0 Å². The molecule has 4 rings (SSSR count). The Labute approximate surface area is 153 Å². The third kappa shape index (κ3) is 2.77. The number of nitrogens with zero attached hydrogens (tertiary/aromatic N) is 2. The molecule has 0 spiro atoms. The van der Waals surface area contributed by atoms with Crippen LogP contribution in [-0.4, -0.2) is 14.8 Å². The Kier molecular flexibility index (Phi) is 3.94. The molecule has 1 aromatic heterocycles. The van der Waals surface area contributed by atoms with Crippen molar-refractivity contribution in [2.45, 2.75) is 0 Å². The maximum absolute atomic E-state index is 13.5. The molecule has 0 bridgehead atoms. The molecular weight excluding hydrogens is 355 g/mol. The number of carbonyl (C=O) groups excluding carboxylic acids is 1. The summed E-state index contributed by atoms with van der Waals surface area (Å²) in [7, 11) is 1.97. The quantitative estimate of drug-likeness (QED) is 0.483. The third-order valence-corrected chi connectivity index (χ3v) is 5.38. The summed E-state index contributed by atoms with van der Waals surface area (Å²) in [6.07, 6.45) is 3.83. The molecule has 2 aromatic carbocycles. The molecule has 0 saturated carbocycles. The number of hydrogen-bond acceptors (Lipinski definition) is 3. The number of thiocarbonyl (C=S) groups is 1. The van der Waals surface area contributed by atoms with Gasteiger partial charge in [0, 0.05) is 29.7 Å². The number of aromatic nitrogens is 1. The highest BCUT2D eigenvalue weighted by atomic mass is 32.2. The van der Waals surface area contributed by atoms with E-state index >= 15 is 0 Å². The van der Waals surface area contributed by atoms with Gasteiger partial charge in [0.1, 0.15) is 5.82 Å². The van der Waals surface area contributed by atoms with Crippen molar-refractivity contribution in [1.82, 2.24) is 4.57 Å². The molecule has 0 N–H and O–H groups in total. The predicted molar refractivity (Wildman–Crippen MR) is 105 cm³/mol. The van der Waals surface area contributed by atoms with E-state index in [9.17, 15) is 9.18 Å². The minimum Gasteiger partial charge on any atom is -0.350 e. The standard InChI is InChI=1S/C19H13FN2OS2/c1-21-11-12(15-7-2-3-8-16(15)21)9-17-18(23)22(19(24)25-17)14-6-4-5-13(20)10-14/h2-11H,1H3/b17-9-. The third-order valence-electron chi connectivity index (χ3n) is 4.07. The molecule has 0 aliphatic carbocycles. The van der Waals surface area contributed by atoms with Crippen molar-refractivity contribution < 1.29 is 9.18 Å². The zero-order valence-electron chi connectivity index (χ0n) is 13.3. The van der Waals surface area contributed by atoms with Crippen LogP contribution in [0.3, 0.4) is 0 Å². The van der Waals surface area contributed by atoms with Crippen molar-refractivity contribution in [3.63, 3.8) is 0 Å². The maximum atomic E-state index is 13.5. The number of anilines is 1. The van der Waals surface area contributed by atoms with Gasteiger partial charge in [0.05, 0.1) is 10.6 Å². The molecule has 0 radical (unpaired) electrons. The summed E-state index contributed by atoms with van der Waals surface area (Å²) in [5, 5.41) is 1.07. The number of benzene rings is 2. The first kappa shape index (κ1) is 16.1. The van der Waals surface area contributed by atoms with E-state index < -0.39 is 5.82 Å². The van der Waals surface area contributed by atoms with Crippen LogP contribution < -0.4 is 4.90 Å². The van der Waals surface area contributed by atoms with Crippen molar-refractivity contribution in [3.05, 3.63) is 71.0 Å². The molecule has 25 heavy (non-hydrogen) atoms. The SMILES string of the molecule is Cn1cc(/C=C2\SC(=S)N(c3cccc(F)c3)C2=O)c2ccccc21. The summed E-state index contributed by atoms with van der Waals surface area (Å²) in [4.78, 5) is 14.7. The Bertz CT molecular complexity index is 1050. The Morgan fingerprint density at radius 1 is 1.16 bits per heavy atom. The summed E-state index contributed by atoms with van der Waals surface area (Å²) in [6, 6.07) is 13.9.